The van der Waals surface area contributed by atoms with E-state index in [0.29, 0.717) is 12.3 Å². The number of carbonyl (C=O) groups excluding carboxylic acids is 1. The fourth-order valence-electron chi connectivity index (χ4n) is 2.14. The lowest BCUT2D eigenvalue weighted by Crippen LogP contribution is -2.42. The van der Waals surface area contributed by atoms with E-state index in [2.05, 4.69) is 0 Å². The molecule has 102 valence electrons. The Morgan fingerprint density at radius 3 is 2.63 bits per heavy atom. The van der Waals surface area contributed by atoms with Gasteiger partial charge in [-0.2, -0.15) is 0 Å². The molecule has 1 fully saturated rings. The van der Waals surface area contributed by atoms with E-state index < -0.39 is 11.9 Å². The molecule has 0 aliphatic carbocycles. The first kappa shape index (κ1) is 13.5. The van der Waals surface area contributed by atoms with E-state index >= 15 is 0 Å². The molecule has 0 bridgehead atoms. The van der Waals surface area contributed by atoms with Gasteiger partial charge in [-0.25, -0.2) is 4.79 Å². The van der Waals surface area contributed by atoms with Crippen LogP contribution in [-0.4, -0.2) is 43.3 Å². The summed E-state index contributed by atoms with van der Waals surface area (Å²) < 4.78 is 5.17. The zero-order valence-corrected chi connectivity index (χ0v) is 10.6. The van der Waals surface area contributed by atoms with Crippen molar-refractivity contribution in [2.24, 2.45) is 11.7 Å². The summed E-state index contributed by atoms with van der Waals surface area (Å²) in [5.74, 6) is -1.72. The van der Waals surface area contributed by atoms with E-state index in [1.54, 1.807) is 25.2 Å². The van der Waals surface area contributed by atoms with Crippen molar-refractivity contribution in [3.8, 4) is 0 Å². The van der Waals surface area contributed by atoms with Crippen LogP contribution in [0, 0.1) is 5.92 Å². The highest BCUT2D eigenvalue weighted by atomic mass is 16.5. The van der Waals surface area contributed by atoms with E-state index in [0.717, 1.165) is 0 Å². The molecular weight excluding hydrogens is 248 g/mol. The maximum atomic E-state index is 12.3. The first-order valence-corrected chi connectivity index (χ1v) is 5.95. The zero-order valence-electron chi connectivity index (χ0n) is 10.6. The van der Waals surface area contributed by atoms with Crippen molar-refractivity contribution in [3.05, 3.63) is 29.8 Å². The number of hydrogen-bond acceptors (Lipinski definition) is 4. The summed E-state index contributed by atoms with van der Waals surface area (Å²) in [6.45, 7) is 0.629. The zero-order chi connectivity index (χ0) is 14.0. The summed E-state index contributed by atoms with van der Waals surface area (Å²) in [6.07, 6.45) is 0. The third-order valence-electron chi connectivity index (χ3n) is 3.27. The van der Waals surface area contributed by atoms with E-state index in [1.807, 2.05) is 0 Å². The molecule has 1 aliphatic rings. The maximum absolute atomic E-state index is 12.3. The van der Waals surface area contributed by atoms with Crippen molar-refractivity contribution in [2.75, 3.05) is 25.2 Å². The minimum atomic E-state index is -1.07. The van der Waals surface area contributed by atoms with Crippen molar-refractivity contribution in [3.63, 3.8) is 0 Å². The highest BCUT2D eigenvalue weighted by Crippen LogP contribution is 2.23. The molecule has 2 unspecified atom stereocenters. The van der Waals surface area contributed by atoms with Crippen LogP contribution in [0.3, 0.4) is 0 Å². The number of nitrogens with two attached hydrogens (primary N) is 1. The number of benzene rings is 1. The topological polar surface area (TPSA) is 92.9 Å². The predicted octanol–water partition coefficient (Wildman–Crippen LogP) is 0.321. The van der Waals surface area contributed by atoms with Gasteiger partial charge < -0.3 is 20.5 Å². The van der Waals surface area contributed by atoms with Gasteiger partial charge in [-0.05, 0) is 12.1 Å². The summed E-state index contributed by atoms with van der Waals surface area (Å²) in [6, 6.07) is 6.04. The van der Waals surface area contributed by atoms with Crippen LogP contribution in [0.15, 0.2) is 24.3 Å². The summed E-state index contributed by atoms with van der Waals surface area (Å²) in [5.41, 5.74) is 6.25. The number of para-hydroxylation sites is 1. The number of aromatic carboxylic acids is 1. The Labute approximate surface area is 110 Å². The van der Waals surface area contributed by atoms with Gasteiger partial charge in [-0.1, -0.05) is 12.1 Å². The van der Waals surface area contributed by atoms with Gasteiger partial charge in [0.25, 0.3) is 0 Å². The van der Waals surface area contributed by atoms with Crippen LogP contribution in [0.1, 0.15) is 10.4 Å². The monoisotopic (exact) mass is 264 g/mol. The van der Waals surface area contributed by atoms with Gasteiger partial charge in [0.1, 0.15) is 0 Å². The summed E-state index contributed by atoms with van der Waals surface area (Å²) in [7, 11) is 1.55. The first-order valence-electron chi connectivity index (χ1n) is 5.95. The number of carboxylic acids is 1. The smallest absolute Gasteiger partial charge is 0.337 e. The molecule has 3 N–H and O–H groups in total. The second-order valence-corrected chi connectivity index (χ2v) is 4.53. The van der Waals surface area contributed by atoms with Gasteiger partial charge >= 0.3 is 5.97 Å². The fraction of sp³-hybridized carbons (Fsp3) is 0.385. The average Bonchev–Trinajstić information content (AvgIpc) is 2.83. The molecule has 0 spiro atoms. The van der Waals surface area contributed by atoms with Crippen molar-refractivity contribution in [1.82, 2.24) is 0 Å². The minimum Gasteiger partial charge on any atom is -0.478 e. The Morgan fingerprint density at radius 1 is 1.37 bits per heavy atom. The highest BCUT2D eigenvalue weighted by molar-refractivity contribution is 6.02. The maximum Gasteiger partial charge on any atom is 0.337 e. The van der Waals surface area contributed by atoms with Gasteiger partial charge in [0.05, 0.1) is 30.4 Å². The van der Waals surface area contributed by atoms with Crippen LogP contribution in [0.4, 0.5) is 5.69 Å². The predicted molar refractivity (Wildman–Crippen MR) is 69.1 cm³/mol. The lowest BCUT2D eigenvalue weighted by molar-refractivity contribution is -0.122. The van der Waals surface area contributed by atoms with Crippen molar-refractivity contribution < 1.29 is 19.4 Å². The molecule has 1 aromatic rings. The van der Waals surface area contributed by atoms with Crippen LogP contribution in [-0.2, 0) is 9.53 Å². The molecule has 1 aromatic carbocycles. The molecule has 2 rings (SSSR count). The molecule has 0 saturated carbocycles. The average molecular weight is 264 g/mol. The van der Waals surface area contributed by atoms with Crippen LogP contribution >= 0.6 is 0 Å². The Kier molecular flexibility index (Phi) is 3.82. The van der Waals surface area contributed by atoms with Gasteiger partial charge in [-0.15, -0.1) is 0 Å². The number of ether oxygens (including phenoxy) is 1. The molecule has 0 aromatic heterocycles. The van der Waals surface area contributed by atoms with E-state index in [9.17, 15) is 9.59 Å². The molecular formula is C13H16N2O4. The number of carboxylic acid groups (broad SMARTS) is 1. The number of hydrogen-bond donors (Lipinski definition) is 2. The van der Waals surface area contributed by atoms with Crippen LogP contribution < -0.4 is 10.6 Å². The van der Waals surface area contributed by atoms with Crippen molar-refractivity contribution >= 4 is 17.6 Å². The van der Waals surface area contributed by atoms with Gasteiger partial charge in [0.2, 0.25) is 5.91 Å². The number of anilines is 1. The third kappa shape index (κ3) is 2.59. The molecule has 1 saturated heterocycles. The van der Waals surface area contributed by atoms with E-state index in [4.69, 9.17) is 15.6 Å². The standard InChI is InChI=1S/C13H16N2O4/c1-15(12(16)9-6-19-7-10(9)14)11-5-3-2-4-8(11)13(17)18/h2-5,9-10H,6-7,14H2,1H3,(H,17,18). The van der Waals surface area contributed by atoms with E-state index in [-0.39, 0.29) is 24.1 Å². The van der Waals surface area contributed by atoms with Crippen molar-refractivity contribution in [2.45, 2.75) is 6.04 Å². The second kappa shape index (κ2) is 5.38. The molecule has 1 heterocycles. The van der Waals surface area contributed by atoms with Crippen molar-refractivity contribution in [1.29, 1.82) is 0 Å². The molecule has 6 nitrogen and oxygen atoms in total. The Morgan fingerprint density at radius 2 is 2.05 bits per heavy atom. The first-order chi connectivity index (χ1) is 9.02. The van der Waals surface area contributed by atoms with E-state index in [1.165, 1.54) is 11.0 Å². The Hall–Kier alpha value is -1.92. The number of carbonyl (C=O) groups is 2. The number of nitrogens with zero attached hydrogens (tertiary/aromatic N) is 1. The summed E-state index contributed by atoms with van der Waals surface area (Å²) >= 11 is 0. The molecule has 6 heteroatoms. The van der Waals surface area contributed by atoms with Crippen LogP contribution in [0.5, 0.6) is 0 Å². The number of amides is 1. The molecule has 1 amide bonds. The lowest BCUT2D eigenvalue weighted by atomic mass is 10.0. The summed E-state index contributed by atoms with van der Waals surface area (Å²) in [4.78, 5) is 24.8. The molecule has 1 aliphatic heterocycles. The molecule has 0 radical (unpaired) electrons. The van der Waals surface area contributed by atoms with Gasteiger partial charge in [0.15, 0.2) is 0 Å². The summed E-state index contributed by atoms with van der Waals surface area (Å²) in [5, 5.41) is 9.13. The van der Waals surface area contributed by atoms with Crippen LogP contribution in [0.2, 0.25) is 0 Å². The number of rotatable bonds is 3. The lowest BCUT2D eigenvalue weighted by Gasteiger charge is -2.23. The van der Waals surface area contributed by atoms with Gasteiger partial charge in [0, 0.05) is 13.1 Å². The Balaban J connectivity index is 2.26. The normalized spacial score (nSPS) is 22.2. The molecule has 19 heavy (non-hydrogen) atoms. The largest absolute Gasteiger partial charge is 0.478 e. The van der Waals surface area contributed by atoms with Gasteiger partial charge in [-0.3, -0.25) is 4.79 Å². The quantitative estimate of drug-likeness (QED) is 0.820. The molecule has 2 atom stereocenters. The van der Waals surface area contributed by atoms with Crippen LogP contribution in [0.25, 0.3) is 0 Å². The Bertz CT molecular complexity index is 503. The highest BCUT2D eigenvalue weighted by Gasteiger charge is 2.34. The SMILES string of the molecule is CN(C(=O)C1COCC1N)c1ccccc1C(=O)O. The minimum absolute atomic E-state index is 0.0887. The fourth-order valence-corrected chi connectivity index (χ4v) is 2.14. The third-order valence-corrected chi connectivity index (χ3v) is 3.27. The second-order valence-electron chi connectivity index (χ2n) is 4.53.